The van der Waals surface area contributed by atoms with E-state index >= 15 is 0 Å². The van der Waals surface area contributed by atoms with Crippen LogP contribution in [0.5, 0.6) is 0 Å². The number of carbonyl (C=O) groups is 2. The number of carbonyl (C=O) groups excluding carboxylic acids is 2. The van der Waals surface area contributed by atoms with Crippen LogP contribution in [0.3, 0.4) is 0 Å². The zero-order valence-corrected chi connectivity index (χ0v) is 19.4. The largest absolute Gasteiger partial charge is 0.503 e. The van der Waals surface area contributed by atoms with Crippen molar-refractivity contribution in [3.8, 4) is 0 Å². The summed E-state index contributed by atoms with van der Waals surface area (Å²) in [6.45, 7) is 11.4. The number of aliphatic hydroxyl groups is 1. The van der Waals surface area contributed by atoms with Crippen molar-refractivity contribution in [1.82, 2.24) is 9.80 Å². The molecule has 1 aromatic carbocycles. The number of benzene rings is 1. The number of likely N-dealkylation sites (tertiary alicyclic amines) is 1. The Morgan fingerprint density at radius 3 is 2.28 bits per heavy atom. The minimum atomic E-state index is -0.642. The van der Waals surface area contributed by atoms with Crippen LogP contribution in [0.25, 0.3) is 0 Å². The number of aliphatic hydroxyl groups excluding tert-OH is 1. The van der Waals surface area contributed by atoms with Crippen molar-refractivity contribution in [2.24, 2.45) is 0 Å². The standard InChI is InChI=1S/C26H32N2O4/c1-17-7-12-20(32-17)23(29)21-22(18-8-10-19(11-9-18)26(2,3)4)28(25(31)24(21)30)16-15-27-13-5-6-14-27/h7-12,22,30H,5-6,13-16H2,1-4H3. The van der Waals surface area contributed by atoms with Crippen molar-refractivity contribution >= 4 is 11.7 Å². The van der Waals surface area contributed by atoms with Crippen LogP contribution in [0.2, 0.25) is 0 Å². The summed E-state index contributed by atoms with van der Waals surface area (Å²) in [4.78, 5) is 30.4. The van der Waals surface area contributed by atoms with Crippen LogP contribution in [0, 0.1) is 6.92 Å². The Kier molecular flexibility index (Phi) is 5.99. The van der Waals surface area contributed by atoms with Crippen LogP contribution in [-0.4, -0.2) is 52.8 Å². The highest BCUT2D eigenvalue weighted by Gasteiger charge is 2.44. The van der Waals surface area contributed by atoms with E-state index in [9.17, 15) is 14.7 Å². The van der Waals surface area contributed by atoms with E-state index in [2.05, 4.69) is 25.7 Å². The molecule has 0 bridgehead atoms. The summed E-state index contributed by atoms with van der Waals surface area (Å²) >= 11 is 0. The normalized spacial score (nSPS) is 19.9. The van der Waals surface area contributed by atoms with Gasteiger partial charge in [-0.05, 0) is 61.5 Å². The first-order valence-corrected chi connectivity index (χ1v) is 11.3. The molecule has 0 spiro atoms. The van der Waals surface area contributed by atoms with Gasteiger partial charge in [0.15, 0.2) is 11.5 Å². The van der Waals surface area contributed by atoms with Gasteiger partial charge in [-0.1, -0.05) is 45.0 Å². The molecule has 2 aliphatic heterocycles. The highest BCUT2D eigenvalue weighted by Crippen LogP contribution is 2.39. The zero-order chi connectivity index (χ0) is 23.0. The molecule has 1 unspecified atom stereocenters. The molecule has 32 heavy (non-hydrogen) atoms. The lowest BCUT2D eigenvalue weighted by Gasteiger charge is -2.29. The Balaban J connectivity index is 1.70. The van der Waals surface area contributed by atoms with Gasteiger partial charge < -0.3 is 19.3 Å². The molecular weight excluding hydrogens is 404 g/mol. The van der Waals surface area contributed by atoms with Crippen molar-refractivity contribution < 1.29 is 19.1 Å². The predicted octanol–water partition coefficient (Wildman–Crippen LogP) is 4.56. The maximum Gasteiger partial charge on any atom is 0.290 e. The highest BCUT2D eigenvalue weighted by molar-refractivity contribution is 6.15. The molecule has 1 atom stereocenters. The number of rotatable bonds is 6. The van der Waals surface area contributed by atoms with Gasteiger partial charge in [0.25, 0.3) is 5.91 Å². The van der Waals surface area contributed by atoms with Gasteiger partial charge in [-0.25, -0.2) is 0 Å². The minimum Gasteiger partial charge on any atom is -0.503 e. The molecular formula is C26H32N2O4. The Labute approximate surface area is 189 Å². The van der Waals surface area contributed by atoms with E-state index in [-0.39, 0.29) is 16.7 Å². The monoisotopic (exact) mass is 436 g/mol. The fourth-order valence-corrected chi connectivity index (χ4v) is 4.57. The average molecular weight is 437 g/mol. The average Bonchev–Trinajstić information content (AvgIpc) is 3.47. The molecule has 1 saturated heterocycles. The van der Waals surface area contributed by atoms with E-state index < -0.39 is 23.5 Å². The van der Waals surface area contributed by atoms with E-state index in [1.165, 1.54) is 0 Å². The number of hydrogen-bond donors (Lipinski definition) is 1. The SMILES string of the molecule is Cc1ccc(C(=O)C2=C(O)C(=O)N(CCN3CCCC3)C2c2ccc(C(C)(C)C)cc2)o1. The maximum absolute atomic E-state index is 13.3. The van der Waals surface area contributed by atoms with Crippen molar-refractivity contribution in [2.45, 2.75) is 52.0 Å². The van der Waals surface area contributed by atoms with E-state index in [1.54, 1.807) is 24.0 Å². The van der Waals surface area contributed by atoms with Crippen LogP contribution in [0.1, 0.15) is 67.1 Å². The molecule has 1 amide bonds. The molecule has 170 valence electrons. The first-order chi connectivity index (χ1) is 15.2. The molecule has 6 heteroatoms. The van der Waals surface area contributed by atoms with Crippen LogP contribution in [0.4, 0.5) is 0 Å². The fraction of sp³-hybridized carbons (Fsp3) is 0.462. The number of Topliss-reactive ketones (excluding diaryl/α,β-unsaturated/α-hetero) is 1. The first kappa shape index (κ1) is 22.3. The van der Waals surface area contributed by atoms with Gasteiger partial charge in [-0.15, -0.1) is 0 Å². The lowest BCUT2D eigenvalue weighted by atomic mass is 9.85. The molecule has 3 heterocycles. The predicted molar refractivity (Wildman–Crippen MR) is 123 cm³/mol. The van der Waals surface area contributed by atoms with Crippen molar-refractivity contribution in [3.05, 3.63) is 70.4 Å². The van der Waals surface area contributed by atoms with Crippen molar-refractivity contribution in [1.29, 1.82) is 0 Å². The number of hydrogen-bond acceptors (Lipinski definition) is 5. The Hall–Kier alpha value is -2.86. The third-order valence-electron chi connectivity index (χ3n) is 6.46. The molecule has 1 fully saturated rings. The molecule has 1 aromatic heterocycles. The lowest BCUT2D eigenvalue weighted by Crippen LogP contribution is -2.38. The molecule has 0 saturated carbocycles. The molecule has 2 aromatic rings. The van der Waals surface area contributed by atoms with Crippen molar-refractivity contribution in [2.75, 3.05) is 26.2 Å². The number of ketones is 1. The van der Waals surface area contributed by atoms with Crippen LogP contribution < -0.4 is 0 Å². The quantitative estimate of drug-likeness (QED) is 0.672. The highest BCUT2D eigenvalue weighted by atomic mass is 16.3. The summed E-state index contributed by atoms with van der Waals surface area (Å²) in [7, 11) is 0. The third kappa shape index (κ3) is 4.24. The number of nitrogens with zero attached hydrogens (tertiary/aromatic N) is 2. The van der Waals surface area contributed by atoms with E-state index in [0.717, 1.165) is 43.6 Å². The summed E-state index contributed by atoms with van der Waals surface area (Å²) in [6.07, 6.45) is 2.33. The maximum atomic E-state index is 13.3. The lowest BCUT2D eigenvalue weighted by molar-refractivity contribution is -0.129. The molecule has 6 nitrogen and oxygen atoms in total. The summed E-state index contributed by atoms with van der Waals surface area (Å²) < 4.78 is 5.53. The molecule has 4 rings (SSSR count). The van der Waals surface area contributed by atoms with Crippen LogP contribution >= 0.6 is 0 Å². The zero-order valence-electron chi connectivity index (χ0n) is 19.4. The van der Waals surface area contributed by atoms with E-state index in [4.69, 9.17) is 4.42 Å². The van der Waals surface area contributed by atoms with Crippen LogP contribution in [0.15, 0.2) is 52.1 Å². The Bertz CT molecular complexity index is 1040. The summed E-state index contributed by atoms with van der Waals surface area (Å²) in [5.74, 6) is -0.682. The minimum absolute atomic E-state index is 0.0121. The number of aryl methyl sites for hydroxylation is 1. The second-order valence-corrected chi connectivity index (χ2v) is 9.82. The second-order valence-electron chi connectivity index (χ2n) is 9.82. The van der Waals surface area contributed by atoms with Gasteiger partial charge in [0.05, 0.1) is 11.6 Å². The van der Waals surface area contributed by atoms with E-state index in [1.807, 2.05) is 24.3 Å². The fourth-order valence-electron chi connectivity index (χ4n) is 4.57. The Morgan fingerprint density at radius 2 is 1.72 bits per heavy atom. The van der Waals surface area contributed by atoms with Crippen molar-refractivity contribution in [3.63, 3.8) is 0 Å². The summed E-state index contributed by atoms with van der Waals surface area (Å²) in [5, 5.41) is 10.8. The summed E-state index contributed by atoms with van der Waals surface area (Å²) in [5.41, 5.74) is 2.05. The van der Waals surface area contributed by atoms with Gasteiger partial charge in [-0.2, -0.15) is 0 Å². The smallest absolute Gasteiger partial charge is 0.290 e. The Morgan fingerprint density at radius 1 is 1.06 bits per heavy atom. The van der Waals surface area contributed by atoms with Gasteiger partial charge >= 0.3 is 0 Å². The molecule has 2 aliphatic rings. The second kappa shape index (κ2) is 8.58. The van der Waals surface area contributed by atoms with Gasteiger partial charge in [-0.3, -0.25) is 9.59 Å². The summed E-state index contributed by atoms with van der Waals surface area (Å²) in [6, 6.07) is 10.6. The van der Waals surface area contributed by atoms with Gasteiger partial charge in [0.2, 0.25) is 5.78 Å². The number of amides is 1. The third-order valence-corrected chi connectivity index (χ3v) is 6.46. The van der Waals surface area contributed by atoms with Gasteiger partial charge in [0.1, 0.15) is 5.76 Å². The number of furan rings is 1. The van der Waals surface area contributed by atoms with Crippen LogP contribution in [-0.2, 0) is 10.2 Å². The molecule has 0 radical (unpaired) electrons. The molecule has 1 N–H and O–H groups in total. The molecule has 0 aliphatic carbocycles. The first-order valence-electron chi connectivity index (χ1n) is 11.3. The van der Waals surface area contributed by atoms with Gasteiger partial charge in [0, 0.05) is 13.1 Å². The topological polar surface area (TPSA) is 74.0 Å². The van der Waals surface area contributed by atoms with E-state index in [0.29, 0.717) is 12.3 Å².